The molecule has 1 amide bonds. The first-order chi connectivity index (χ1) is 14.4. The van der Waals surface area contributed by atoms with Gasteiger partial charge in [-0.1, -0.05) is 6.07 Å². The highest BCUT2D eigenvalue weighted by molar-refractivity contribution is 6.10. The van der Waals surface area contributed by atoms with Crippen LogP contribution in [0.3, 0.4) is 0 Å². The number of aryl methyl sites for hydroxylation is 1. The summed E-state index contributed by atoms with van der Waals surface area (Å²) in [5, 5.41) is 7.31. The van der Waals surface area contributed by atoms with Gasteiger partial charge < -0.3 is 14.8 Å². The summed E-state index contributed by atoms with van der Waals surface area (Å²) in [4.78, 5) is 26.1. The topological polar surface area (TPSA) is 82.4 Å². The van der Waals surface area contributed by atoms with Crippen molar-refractivity contribution < 1.29 is 23.5 Å². The number of nitrogens with one attached hydrogen (secondary N) is 1. The average molecular weight is 409 g/mol. The third-order valence-electron chi connectivity index (χ3n) is 5.16. The number of Topliss-reactive ketones (excluding diaryl/α,β-unsaturated/α-hetero) is 1. The third-order valence-corrected chi connectivity index (χ3v) is 5.16. The van der Waals surface area contributed by atoms with Crippen molar-refractivity contribution in [2.75, 3.05) is 19.5 Å². The molecule has 8 heteroatoms. The van der Waals surface area contributed by atoms with Gasteiger partial charge in [0.2, 0.25) is 5.91 Å². The van der Waals surface area contributed by atoms with Crippen molar-refractivity contribution in [1.82, 2.24) is 9.78 Å². The molecule has 1 atom stereocenters. The van der Waals surface area contributed by atoms with Crippen molar-refractivity contribution >= 4 is 17.5 Å². The van der Waals surface area contributed by atoms with Crippen LogP contribution in [0, 0.1) is 12.7 Å². The van der Waals surface area contributed by atoms with E-state index in [1.54, 1.807) is 37.3 Å². The number of nitrogens with zero attached hydrogens (tertiary/aromatic N) is 2. The molecule has 0 saturated carbocycles. The number of benzene rings is 2. The smallest absolute Gasteiger partial charge is 0.226 e. The minimum absolute atomic E-state index is 0.0248. The van der Waals surface area contributed by atoms with Crippen LogP contribution >= 0.6 is 0 Å². The molecule has 1 N–H and O–H groups in total. The normalized spacial score (nSPS) is 15.3. The monoisotopic (exact) mass is 409 g/mol. The molecule has 0 aliphatic carbocycles. The molecule has 30 heavy (non-hydrogen) atoms. The van der Waals surface area contributed by atoms with Crippen LogP contribution in [0.1, 0.15) is 34.0 Å². The van der Waals surface area contributed by atoms with Crippen molar-refractivity contribution in [2.24, 2.45) is 0 Å². The molecule has 0 fully saturated rings. The Bertz CT molecular complexity index is 1120. The second-order valence-electron chi connectivity index (χ2n) is 6.94. The highest BCUT2D eigenvalue weighted by Crippen LogP contribution is 2.41. The van der Waals surface area contributed by atoms with E-state index in [9.17, 15) is 14.0 Å². The van der Waals surface area contributed by atoms with Crippen molar-refractivity contribution in [2.45, 2.75) is 19.3 Å². The summed E-state index contributed by atoms with van der Waals surface area (Å²) in [6.07, 6.45) is -0.0248. The third kappa shape index (κ3) is 3.20. The Kier molecular flexibility index (Phi) is 4.99. The SMILES string of the molecule is COc1cccc(OC)c1C(=O)C1CC(=O)Nc2c1c(C)nn2-c1ccc(F)cc1. The summed E-state index contributed by atoms with van der Waals surface area (Å²) in [6.45, 7) is 1.77. The quantitative estimate of drug-likeness (QED) is 0.651. The number of rotatable bonds is 5. The van der Waals surface area contributed by atoms with Gasteiger partial charge >= 0.3 is 0 Å². The van der Waals surface area contributed by atoms with E-state index < -0.39 is 5.92 Å². The first-order valence-corrected chi connectivity index (χ1v) is 9.35. The molecule has 1 aliphatic rings. The molecule has 0 spiro atoms. The van der Waals surface area contributed by atoms with E-state index in [0.29, 0.717) is 34.3 Å². The number of hydrogen-bond donors (Lipinski definition) is 1. The highest BCUT2D eigenvalue weighted by atomic mass is 19.1. The maximum Gasteiger partial charge on any atom is 0.226 e. The molecule has 1 aromatic heterocycles. The zero-order valence-corrected chi connectivity index (χ0v) is 16.7. The van der Waals surface area contributed by atoms with Gasteiger partial charge in [-0.3, -0.25) is 9.59 Å². The number of aromatic nitrogens is 2. The molecule has 4 rings (SSSR count). The number of ketones is 1. The number of amides is 1. The van der Waals surface area contributed by atoms with E-state index in [1.165, 1.54) is 31.0 Å². The molecule has 1 aliphatic heterocycles. The summed E-state index contributed by atoms with van der Waals surface area (Å²) in [6, 6.07) is 10.8. The molecule has 2 heterocycles. The molecule has 3 aromatic rings. The Morgan fingerprint density at radius 1 is 1.13 bits per heavy atom. The Labute approximate surface area is 172 Å². The number of carbonyl (C=O) groups is 2. The van der Waals surface area contributed by atoms with Crippen LogP contribution in [0.5, 0.6) is 11.5 Å². The summed E-state index contributed by atoms with van der Waals surface area (Å²) in [7, 11) is 2.95. The second-order valence-corrected chi connectivity index (χ2v) is 6.94. The molecule has 0 bridgehead atoms. The van der Waals surface area contributed by atoms with Crippen molar-refractivity contribution in [1.29, 1.82) is 0 Å². The van der Waals surface area contributed by atoms with Crippen LogP contribution in [-0.4, -0.2) is 35.7 Å². The Morgan fingerprint density at radius 3 is 2.37 bits per heavy atom. The second kappa shape index (κ2) is 7.62. The fraction of sp³-hybridized carbons (Fsp3) is 0.227. The molecule has 0 radical (unpaired) electrons. The zero-order valence-electron chi connectivity index (χ0n) is 16.7. The average Bonchev–Trinajstić information content (AvgIpc) is 3.08. The van der Waals surface area contributed by atoms with E-state index in [0.717, 1.165) is 0 Å². The van der Waals surface area contributed by atoms with E-state index >= 15 is 0 Å². The predicted octanol–water partition coefficient (Wildman–Crippen LogP) is 3.65. The molecule has 0 saturated heterocycles. The van der Waals surface area contributed by atoms with Crippen LogP contribution in [-0.2, 0) is 4.79 Å². The van der Waals surface area contributed by atoms with Crippen LogP contribution in [0.15, 0.2) is 42.5 Å². The fourth-order valence-electron chi connectivity index (χ4n) is 3.81. The van der Waals surface area contributed by atoms with Gasteiger partial charge in [-0.25, -0.2) is 9.07 Å². The number of anilines is 1. The minimum atomic E-state index is -0.756. The maximum absolute atomic E-state index is 13.6. The van der Waals surface area contributed by atoms with Gasteiger partial charge in [0.05, 0.1) is 31.5 Å². The Morgan fingerprint density at radius 2 is 1.77 bits per heavy atom. The van der Waals surface area contributed by atoms with Gasteiger partial charge in [0.1, 0.15) is 28.7 Å². The zero-order chi connectivity index (χ0) is 21.4. The summed E-state index contributed by atoms with van der Waals surface area (Å²) < 4.78 is 25.6. The summed E-state index contributed by atoms with van der Waals surface area (Å²) >= 11 is 0. The van der Waals surface area contributed by atoms with Gasteiger partial charge in [0.25, 0.3) is 0 Å². The van der Waals surface area contributed by atoms with Crippen LogP contribution in [0.2, 0.25) is 0 Å². The summed E-state index contributed by atoms with van der Waals surface area (Å²) in [5.41, 5.74) is 2.07. The van der Waals surface area contributed by atoms with Crippen LogP contribution in [0.25, 0.3) is 5.69 Å². The molecular weight excluding hydrogens is 389 g/mol. The Balaban J connectivity index is 1.85. The standard InChI is InChI=1S/C22H20FN3O4/c1-12-19-15(21(28)20-16(29-2)5-4-6-17(20)30-3)11-18(27)24-22(19)26(25-12)14-9-7-13(23)8-10-14/h4-10,15H,11H2,1-3H3,(H,24,27). The van der Waals surface area contributed by atoms with E-state index in [4.69, 9.17) is 9.47 Å². The van der Waals surface area contributed by atoms with E-state index in [-0.39, 0.29) is 29.5 Å². The minimum Gasteiger partial charge on any atom is -0.496 e. The maximum atomic E-state index is 13.6. The number of halogens is 1. The lowest BCUT2D eigenvalue weighted by Gasteiger charge is -2.24. The highest BCUT2D eigenvalue weighted by Gasteiger charge is 2.38. The molecule has 2 aromatic carbocycles. The molecule has 1 unspecified atom stereocenters. The first-order valence-electron chi connectivity index (χ1n) is 9.35. The molecule has 7 nitrogen and oxygen atoms in total. The number of methoxy groups -OCH3 is 2. The number of fused-ring (bicyclic) bond motifs is 1. The lowest BCUT2D eigenvalue weighted by atomic mass is 9.85. The Hall–Kier alpha value is -3.68. The van der Waals surface area contributed by atoms with Gasteiger partial charge in [-0.05, 0) is 43.3 Å². The largest absolute Gasteiger partial charge is 0.496 e. The van der Waals surface area contributed by atoms with Crippen molar-refractivity contribution in [3.05, 3.63) is 65.1 Å². The van der Waals surface area contributed by atoms with E-state index in [1.807, 2.05) is 0 Å². The van der Waals surface area contributed by atoms with Crippen LogP contribution in [0.4, 0.5) is 10.2 Å². The molecular formula is C22H20FN3O4. The number of ether oxygens (including phenoxy) is 2. The lowest BCUT2D eigenvalue weighted by Crippen LogP contribution is -2.29. The lowest BCUT2D eigenvalue weighted by molar-refractivity contribution is -0.116. The van der Waals surface area contributed by atoms with Gasteiger partial charge in [0.15, 0.2) is 5.78 Å². The van der Waals surface area contributed by atoms with Gasteiger partial charge in [-0.15, -0.1) is 0 Å². The predicted molar refractivity (Wildman–Crippen MR) is 108 cm³/mol. The van der Waals surface area contributed by atoms with Crippen molar-refractivity contribution in [3.63, 3.8) is 0 Å². The van der Waals surface area contributed by atoms with Gasteiger partial charge in [0, 0.05) is 12.0 Å². The number of hydrogen-bond acceptors (Lipinski definition) is 5. The summed E-state index contributed by atoms with van der Waals surface area (Å²) in [5.74, 6) is -0.585. The first kappa shape index (κ1) is 19.6. The fourth-order valence-corrected chi connectivity index (χ4v) is 3.81. The molecule has 154 valence electrons. The van der Waals surface area contributed by atoms with Gasteiger partial charge in [-0.2, -0.15) is 5.10 Å². The van der Waals surface area contributed by atoms with Crippen molar-refractivity contribution in [3.8, 4) is 17.2 Å². The van der Waals surface area contributed by atoms with E-state index in [2.05, 4.69) is 10.4 Å². The number of carbonyl (C=O) groups excluding carboxylic acids is 2. The van der Waals surface area contributed by atoms with Crippen LogP contribution < -0.4 is 14.8 Å².